The van der Waals surface area contributed by atoms with Gasteiger partial charge in [-0.25, -0.2) is 9.59 Å². The highest BCUT2D eigenvalue weighted by molar-refractivity contribution is 5.76. The van der Waals surface area contributed by atoms with Gasteiger partial charge >= 0.3 is 18.2 Å². The molecular formula is C19H17N3O6. The van der Waals surface area contributed by atoms with Crippen molar-refractivity contribution in [2.24, 2.45) is 11.5 Å². The second-order valence-electron chi connectivity index (χ2n) is 5.60. The highest BCUT2D eigenvalue weighted by Gasteiger charge is 2.44. The standard InChI is InChI=1S/C19H17N3O6/c1-2-11-5-3-4-6-14(11)12-7-8-13(10-20)15(9-12)16(27-17(21)23)19(25,26)28-18(22)24/h2-9,16,25-26H,1H2,(H2,21,23)(H2,22,24). The SMILES string of the molecule is C=Cc1ccccc1-c1ccc(C#N)c(C(OC(N)=O)C(O)(O)OC(N)=O)c1. The number of nitrogens with two attached hydrogens (primary N) is 2. The van der Waals surface area contributed by atoms with Crippen molar-refractivity contribution in [2.75, 3.05) is 0 Å². The molecule has 28 heavy (non-hydrogen) atoms. The first-order valence-electron chi connectivity index (χ1n) is 7.84. The molecule has 0 heterocycles. The molecule has 0 radical (unpaired) electrons. The van der Waals surface area contributed by atoms with E-state index in [0.717, 1.165) is 5.56 Å². The average molecular weight is 383 g/mol. The van der Waals surface area contributed by atoms with E-state index in [1.807, 2.05) is 6.07 Å². The second kappa shape index (κ2) is 8.22. The minimum Gasteiger partial charge on any atom is -0.431 e. The molecule has 0 saturated heterocycles. The number of hydrogen-bond donors (Lipinski definition) is 4. The third-order valence-electron chi connectivity index (χ3n) is 3.77. The van der Waals surface area contributed by atoms with Gasteiger partial charge in [0.1, 0.15) is 0 Å². The van der Waals surface area contributed by atoms with Crippen molar-refractivity contribution in [2.45, 2.75) is 12.1 Å². The number of carbonyl (C=O) groups is 2. The maximum Gasteiger partial charge on any atom is 0.408 e. The van der Waals surface area contributed by atoms with Crippen molar-refractivity contribution in [3.05, 3.63) is 65.7 Å². The number of hydrogen-bond acceptors (Lipinski definition) is 7. The monoisotopic (exact) mass is 383 g/mol. The van der Waals surface area contributed by atoms with Crippen LogP contribution in [0.3, 0.4) is 0 Å². The molecule has 2 aromatic carbocycles. The molecule has 0 aromatic heterocycles. The van der Waals surface area contributed by atoms with Crippen LogP contribution in [0, 0.1) is 11.3 Å². The summed E-state index contributed by atoms with van der Waals surface area (Å²) in [5.41, 5.74) is 11.6. The number of aliphatic hydroxyl groups is 2. The summed E-state index contributed by atoms with van der Waals surface area (Å²) in [7, 11) is 0. The van der Waals surface area contributed by atoms with Crippen LogP contribution in [0.25, 0.3) is 17.2 Å². The van der Waals surface area contributed by atoms with Crippen molar-refractivity contribution < 1.29 is 29.3 Å². The molecule has 1 unspecified atom stereocenters. The van der Waals surface area contributed by atoms with Crippen molar-refractivity contribution in [3.8, 4) is 17.2 Å². The highest BCUT2D eigenvalue weighted by Crippen LogP contribution is 2.35. The molecule has 0 bridgehead atoms. The molecule has 9 heteroatoms. The van der Waals surface area contributed by atoms with Crippen LogP contribution in [0.1, 0.15) is 22.8 Å². The maximum absolute atomic E-state index is 11.3. The molecule has 1 atom stereocenters. The second-order valence-corrected chi connectivity index (χ2v) is 5.60. The number of carbonyl (C=O) groups excluding carboxylic acids is 2. The zero-order valence-corrected chi connectivity index (χ0v) is 14.5. The van der Waals surface area contributed by atoms with E-state index >= 15 is 0 Å². The number of amides is 2. The molecule has 9 nitrogen and oxygen atoms in total. The van der Waals surface area contributed by atoms with Crippen LogP contribution in [0.15, 0.2) is 49.0 Å². The fraction of sp³-hybridized carbons (Fsp3) is 0.105. The van der Waals surface area contributed by atoms with Crippen LogP contribution < -0.4 is 11.5 Å². The van der Waals surface area contributed by atoms with Gasteiger partial charge in [0.2, 0.25) is 6.10 Å². The number of nitrogens with zero attached hydrogens (tertiary/aromatic N) is 1. The van der Waals surface area contributed by atoms with Crippen molar-refractivity contribution in [3.63, 3.8) is 0 Å². The highest BCUT2D eigenvalue weighted by atomic mass is 16.8. The van der Waals surface area contributed by atoms with Gasteiger partial charge in [0.25, 0.3) is 0 Å². The van der Waals surface area contributed by atoms with Gasteiger partial charge in [0.15, 0.2) is 0 Å². The number of rotatable bonds is 6. The zero-order valence-electron chi connectivity index (χ0n) is 14.5. The predicted octanol–water partition coefficient (Wildman–Crippen LogP) is 1.74. The Hall–Kier alpha value is -3.87. The fourth-order valence-electron chi connectivity index (χ4n) is 2.65. The Labute approximate surface area is 160 Å². The smallest absolute Gasteiger partial charge is 0.408 e. The van der Waals surface area contributed by atoms with E-state index in [1.165, 1.54) is 12.1 Å². The Morgan fingerprint density at radius 1 is 1.18 bits per heavy atom. The van der Waals surface area contributed by atoms with Gasteiger partial charge in [-0.2, -0.15) is 5.26 Å². The van der Waals surface area contributed by atoms with Crippen LogP contribution in [0.2, 0.25) is 0 Å². The summed E-state index contributed by atoms with van der Waals surface area (Å²) in [4.78, 5) is 22.3. The molecular weight excluding hydrogens is 366 g/mol. The Kier molecular flexibility index (Phi) is 6.00. The average Bonchev–Trinajstić information content (AvgIpc) is 2.64. The topological polar surface area (TPSA) is 169 Å². The molecule has 0 saturated carbocycles. The van der Waals surface area contributed by atoms with Gasteiger partial charge in [0, 0.05) is 5.56 Å². The van der Waals surface area contributed by atoms with Gasteiger partial charge < -0.3 is 31.2 Å². The van der Waals surface area contributed by atoms with E-state index in [1.54, 1.807) is 36.4 Å². The lowest BCUT2D eigenvalue weighted by atomic mass is 9.93. The number of ether oxygens (including phenoxy) is 2. The van der Waals surface area contributed by atoms with Crippen LogP contribution in [-0.4, -0.2) is 28.4 Å². The summed E-state index contributed by atoms with van der Waals surface area (Å²) in [6, 6.07) is 13.3. The summed E-state index contributed by atoms with van der Waals surface area (Å²) in [5, 5.41) is 29.6. The number of nitriles is 1. The van der Waals surface area contributed by atoms with E-state index in [4.69, 9.17) is 16.2 Å². The first-order valence-corrected chi connectivity index (χ1v) is 7.84. The van der Waals surface area contributed by atoms with Crippen LogP contribution >= 0.6 is 0 Å². The van der Waals surface area contributed by atoms with Gasteiger partial charge in [-0.15, -0.1) is 0 Å². The van der Waals surface area contributed by atoms with Crippen molar-refractivity contribution in [1.29, 1.82) is 5.26 Å². The molecule has 2 amide bonds. The van der Waals surface area contributed by atoms with Crippen molar-refractivity contribution in [1.82, 2.24) is 0 Å². The third-order valence-corrected chi connectivity index (χ3v) is 3.77. The molecule has 144 valence electrons. The normalized spacial score (nSPS) is 11.8. The lowest BCUT2D eigenvalue weighted by molar-refractivity contribution is -0.350. The van der Waals surface area contributed by atoms with Gasteiger partial charge in [-0.3, -0.25) is 0 Å². The van der Waals surface area contributed by atoms with Crippen LogP contribution in [0.5, 0.6) is 0 Å². The molecule has 0 aliphatic heterocycles. The molecule has 0 aliphatic carbocycles. The molecule has 6 N–H and O–H groups in total. The summed E-state index contributed by atoms with van der Waals surface area (Å²) in [6.45, 7) is 3.73. The number of benzene rings is 2. The molecule has 2 aromatic rings. The molecule has 2 rings (SSSR count). The summed E-state index contributed by atoms with van der Waals surface area (Å²) >= 11 is 0. The van der Waals surface area contributed by atoms with E-state index in [9.17, 15) is 25.1 Å². The van der Waals surface area contributed by atoms with Gasteiger partial charge in [0.05, 0.1) is 11.6 Å². The summed E-state index contributed by atoms with van der Waals surface area (Å²) < 4.78 is 8.96. The Balaban J connectivity index is 2.68. The minimum absolute atomic E-state index is 0.0772. The Bertz CT molecular complexity index is 964. The van der Waals surface area contributed by atoms with Crippen LogP contribution in [-0.2, 0) is 9.47 Å². The lowest BCUT2D eigenvalue weighted by Gasteiger charge is -2.29. The van der Waals surface area contributed by atoms with E-state index in [2.05, 4.69) is 11.3 Å². The Morgan fingerprint density at radius 3 is 2.43 bits per heavy atom. The molecule has 0 fully saturated rings. The van der Waals surface area contributed by atoms with Crippen LogP contribution in [0.4, 0.5) is 9.59 Å². The summed E-state index contributed by atoms with van der Waals surface area (Å²) in [6.07, 6.45) is -3.37. The molecule has 0 aliphatic rings. The largest absolute Gasteiger partial charge is 0.431 e. The minimum atomic E-state index is -3.37. The number of primary amides is 2. The fourth-order valence-corrected chi connectivity index (χ4v) is 2.65. The van der Waals surface area contributed by atoms with E-state index in [0.29, 0.717) is 11.1 Å². The first-order chi connectivity index (χ1) is 13.2. The summed E-state index contributed by atoms with van der Waals surface area (Å²) in [5.74, 6) is -3.37. The van der Waals surface area contributed by atoms with E-state index in [-0.39, 0.29) is 11.1 Å². The van der Waals surface area contributed by atoms with Crippen molar-refractivity contribution >= 4 is 18.3 Å². The quantitative estimate of drug-likeness (QED) is 0.550. The maximum atomic E-state index is 11.3. The van der Waals surface area contributed by atoms with Gasteiger partial charge in [-0.1, -0.05) is 43.0 Å². The van der Waals surface area contributed by atoms with E-state index < -0.39 is 24.3 Å². The lowest BCUT2D eigenvalue weighted by Crippen LogP contribution is -2.45. The Morgan fingerprint density at radius 2 is 1.86 bits per heavy atom. The third kappa shape index (κ3) is 4.45. The van der Waals surface area contributed by atoms with Gasteiger partial charge in [-0.05, 0) is 28.8 Å². The zero-order chi connectivity index (χ0) is 20.9. The predicted molar refractivity (Wildman–Crippen MR) is 97.9 cm³/mol. The first kappa shape index (κ1) is 20.4. The molecule has 0 spiro atoms.